The fourth-order valence-electron chi connectivity index (χ4n) is 2.51. The summed E-state index contributed by atoms with van der Waals surface area (Å²) in [7, 11) is 1.64. The lowest BCUT2D eigenvalue weighted by molar-refractivity contribution is 0.415. The van der Waals surface area contributed by atoms with Crippen LogP contribution in [0.4, 0.5) is 0 Å². The zero-order valence-electron chi connectivity index (χ0n) is 12.7. The Morgan fingerprint density at radius 2 is 1.57 bits per heavy atom. The van der Waals surface area contributed by atoms with Crippen molar-refractivity contribution in [1.82, 2.24) is 0 Å². The number of furan rings is 1. The second-order valence-corrected chi connectivity index (χ2v) is 5.84. The summed E-state index contributed by atoms with van der Waals surface area (Å²) < 4.78 is 11.3. The Morgan fingerprint density at radius 3 is 2.17 bits per heavy atom. The van der Waals surface area contributed by atoms with Crippen LogP contribution in [0.25, 0.3) is 22.6 Å². The van der Waals surface area contributed by atoms with E-state index in [1.807, 2.05) is 54.6 Å². The molecule has 1 aromatic heterocycles. The highest BCUT2D eigenvalue weighted by molar-refractivity contribution is 6.34. The number of methoxy groups -OCH3 is 1. The molecule has 1 heterocycles. The number of halogens is 2. The van der Waals surface area contributed by atoms with Crippen molar-refractivity contribution in [3.05, 3.63) is 65.2 Å². The van der Waals surface area contributed by atoms with Crippen molar-refractivity contribution in [1.29, 1.82) is 0 Å². The third-order valence-electron chi connectivity index (χ3n) is 3.68. The van der Waals surface area contributed by atoms with Gasteiger partial charge in [0.15, 0.2) is 5.76 Å². The lowest BCUT2D eigenvalue weighted by atomic mass is 10.1. The van der Waals surface area contributed by atoms with Crippen molar-refractivity contribution < 1.29 is 9.15 Å². The van der Waals surface area contributed by atoms with Gasteiger partial charge in [0.25, 0.3) is 0 Å². The Morgan fingerprint density at radius 1 is 0.913 bits per heavy atom. The number of ether oxygens (including phenoxy) is 1. The smallest absolute Gasteiger partial charge is 0.153 e. The zero-order chi connectivity index (χ0) is 16.2. The quantitative estimate of drug-likeness (QED) is 0.524. The lowest BCUT2D eigenvalue weighted by Gasteiger charge is -2.03. The minimum absolute atomic E-state index is 0.483. The maximum atomic E-state index is 6.57. The number of hydrogen-bond acceptors (Lipinski definition) is 2. The first-order chi connectivity index (χ1) is 11.2. The molecule has 118 valence electrons. The molecule has 0 saturated heterocycles. The third-order valence-corrected chi connectivity index (χ3v) is 4.26. The molecule has 0 saturated carbocycles. The summed E-state index contributed by atoms with van der Waals surface area (Å²) in [6.07, 6.45) is 0.651. The van der Waals surface area contributed by atoms with E-state index in [2.05, 4.69) is 0 Å². The van der Waals surface area contributed by atoms with E-state index in [4.69, 9.17) is 32.4 Å². The summed E-state index contributed by atoms with van der Waals surface area (Å²) in [6, 6.07) is 17.6. The normalized spacial score (nSPS) is 10.7. The van der Waals surface area contributed by atoms with Crippen molar-refractivity contribution in [2.24, 2.45) is 0 Å². The lowest BCUT2D eigenvalue weighted by Crippen LogP contribution is -1.88. The minimum atomic E-state index is 0.483. The van der Waals surface area contributed by atoms with Gasteiger partial charge in [-0.1, -0.05) is 41.9 Å². The van der Waals surface area contributed by atoms with E-state index in [0.29, 0.717) is 23.1 Å². The molecule has 2 aromatic carbocycles. The van der Waals surface area contributed by atoms with Crippen molar-refractivity contribution in [2.75, 3.05) is 13.0 Å². The zero-order valence-corrected chi connectivity index (χ0v) is 14.2. The SMILES string of the molecule is COc1ccc(-c2oc(-c3ccccc3)c(Cl)c2CCCl)cc1. The molecule has 3 aromatic rings. The van der Waals surface area contributed by atoms with Crippen LogP contribution >= 0.6 is 23.2 Å². The highest BCUT2D eigenvalue weighted by atomic mass is 35.5. The molecule has 0 radical (unpaired) electrons. The van der Waals surface area contributed by atoms with Crippen LogP contribution in [0.2, 0.25) is 5.02 Å². The van der Waals surface area contributed by atoms with Gasteiger partial charge >= 0.3 is 0 Å². The number of benzene rings is 2. The molecule has 0 N–H and O–H groups in total. The first-order valence-electron chi connectivity index (χ1n) is 7.31. The molecule has 0 bridgehead atoms. The van der Waals surface area contributed by atoms with Crippen LogP contribution in [0.3, 0.4) is 0 Å². The predicted molar refractivity (Wildman–Crippen MR) is 95.6 cm³/mol. The van der Waals surface area contributed by atoms with E-state index in [9.17, 15) is 0 Å². The maximum absolute atomic E-state index is 6.57. The van der Waals surface area contributed by atoms with Gasteiger partial charge in [0.1, 0.15) is 11.5 Å². The van der Waals surface area contributed by atoms with E-state index >= 15 is 0 Å². The van der Waals surface area contributed by atoms with Crippen LogP contribution in [-0.4, -0.2) is 13.0 Å². The highest BCUT2D eigenvalue weighted by Crippen LogP contribution is 2.41. The van der Waals surface area contributed by atoms with Crippen LogP contribution in [0.1, 0.15) is 5.56 Å². The van der Waals surface area contributed by atoms with Gasteiger partial charge < -0.3 is 9.15 Å². The van der Waals surface area contributed by atoms with Crippen LogP contribution in [0, 0.1) is 0 Å². The van der Waals surface area contributed by atoms with Gasteiger partial charge in [0.2, 0.25) is 0 Å². The molecule has 0 spiro atoms. The monoisotopic (exact) mass is 346 g/mol. The van der Waals surface area contributed by atoms with Crippen LogP contribution < -0.4 is 4.74 Å². The molecule has 0 aliphatic rings. The second kappa shape index (κ2) is 7.12. The molecule has 3 rings (SSSR count). The van der Waals surface area contributed by atoms with E-state index in [1.54, 1.807) is 7.11 Å². The standard InChI is InChI=1S/C19H16Cl2O2/c1-22-15-9-7-14(8-10-15)18-16(11-12-20)17(21)19(23-18)13-5-3-2-4-6-13/h2-10H,11-12H2,1H3. The highest BCUT2D eigenvalue weighted by Gasteiger charge is 2.20. The average molecular weight is 347 g/mol. The number of hydrogen-bond donors (Lipinski definition) is 0. The Kier molecular flexibility index (Phi) is 4.94. The predicted octanol–water partition coefficient (Wildman–Crippen LogP) is 6.06. The summed E-state index contributed by atoms with van der Waals surface area (Å²) in [5.41, 5.74) is 2.84. The molecule has 23 heavy (non-hydrogen) atoms. The van der Waals surface area contributed by atoms with E-state index in [-0.39, 0.29) is 0 Å². The van der Waals surface area contributed by atoms with Crippen LogP contribution in [0.5, 0.6) is 5.75 Å². The molecule has 0 amide bonds. The Labute approximate surface area is 145 Å². The Bertz CT molecular complexity index is 777. The summed E-state index contributed by atoms with van der Waals surface area (Å²) in [6.45, 7) is 0. The summed E-state index contributed by atoms with van der Waals surface area (Å²) >= 11 is 12.5. The van der Waals surface area contributed by atoms with Crippen molar-refractivity contribution in [3.63, 3.8) is 0 Å². The fraction of sp³-hybridized carbons (Fsp3) is 0.158. The van der Waals surface area contributed by atoms with Gasteiger partial charge in [-0.15, -0.1) is 11.6 Å². The minimum Gasteiger partial charge on any atom is -0.497 e. The molecule has 2 nitrogen and oxygen atoms in total. The number of rotatable bonds is 5. The van der Waals surface area contributed by atoms with Crippen molar-refractivity contribution >= 4 is 23.2 Å². The van der Waals surface area contributed by atoms with Crippen molar-refractivity contribution in [2.45, 2.75) is 6.42 Å². The first kappa shape index (κ1) is 16.0. The van der Waals surface area contributed by atoms with Gasteiger partial charge in [-0.3, -0.25) is 0 Å². The molecular weight excluding hydrogens is 331 g/mol. The molecule has 0 atom stereocenters. The Balaban J connectivity index is 2.11. The largest absolute Gasteiger partial charge is 0.497 e. The first-order valence-corrected chi connectivity index (χ1v) is 8.22. The van der Waals surface area contributed by atoms with Gasteiger partial charge in [-0.05, 0) is 30.7 Å². The summed E-state index contributed by atoms with van der Waals surface area (Å²) in [5.74, 6) is 2.72. The van der Waals surface area contributed by atoms with Gasteiger partial charge in [-0.2, -0.15) is 0 Å². The topological polar surface area (TPSA) is 22.4 Å². The van der Waals surface area contributed by atoms with Gasteiger partial charge in [-0.25, -0.2) is 0 Å². The van der Waals surface area contributed by atoms with Crippen molar-refractivity contribution in [3.8, 4) is 28.4 Å². The molecule has 0 fully saturated rings. The molecule has 0 unspecified atom stereocenters. The Hall–Kier alpha value is -1.90. The number of alkyl halides is 1. The summed E-state index contributed by atoms with van der Waals surface area (Å²) in [4.78, 5) is 0. The van der Waals surface area contributed by atoms with Crippen LogP contribution in [0.15, 0.2) is 59.0 Å². The third kappa shape index (κ3) is 3.24. The molecule has 0 aliphatic carbocycles. The molecule has 0 aliphatic heterocycles. The van der Waals surface area contributed by atoms with E-state index < -0.39 is 0 Å². The van der Waals surface area contributed by atoms with Gasteiger partial charge in [0, 0.05) is 22.6 Å². The molecular formula is C19H16Cl2O2. The second-order valence-electron chi connectivity index (χ2n) is 5.09. The fourth-order valence-corrected chi connectivity index (χ4v) is 3.03. The molecule has 4 heteroatoms. The average Bonchev–Trinajstić information content (AvgIpc) is 2.93. The maximum Gasteiger partial charge on any atom is 0.153 e. The van der Waals surface area contributed by atoms with Gasteiger partial charge in [0.05, 0.1) is 12.1 Å². The summed E-state index contributed by atoms with van der Waals surface area (Å²) in [5, 5.41) is 0.627. The van der Waals surface area contributed by atoms with Crippen LogP contribution in [-0.2, 0) is 6.42 Å². The van der Waals surface area contributed by atoms with E-state index in [1.165, 1.54) is 0 Å². The van der Waals surface area contributed by atoms with E-state index in [0.717, 1.165) is 28.2 Å².